The van der Waals surface area contributed by atoms with E-state index >= 15 is 0 Å². The Labute approximate surface area is 126 Å². The van der Waals surface area contributed by atoms with E-state index in [2.05, 4.69) is 5.32 Å². The van der Waals surface area contributed by atoms with E-state index in [9.17, 15) is 23.8 Å². The van der Waals surface area contributed by atoms with E-state index in [0.29, 0.717) is 5.56 Å². The molecule has 2 rings (SSSR count). The van der Waals surface area contributed by atoms with Crippen molar-refractivity contribution in [1.29, 1.82) is 0 Å². The number of rotatable bonds is 4. The van der Waals surface area contributed by atoms with Crippen LogP contribution < -0.4 is 5.32 Å². The molecule has 0 aliphatic carbocycles. The topological polar surface area (TPSA) is 69.6 Å². The summed E-state index contributed by atoms with van der Waals surface area (Å²) < 4.78 is 26.5. The Bertz CT molecular complexity index is 704. The predicted octanol–water partition coefficient (Wildman–Crippen LogP) is 3.19. The number of hydrogen-bond donors (Lipinski definition) is 3. The smallest absolute Gasteiger partial charge is 0.227 e. The van der Waals surface area contributed by atoms with Crippen LogP contribution in [-0.4, -0.2) is 16.1 Å². The van der Waals surface area contributed by atoms with Gasteiger partial charge in [-0.15, -0.1) is 0 Å². The summed E-state index contributed by atoms with van der Waals surface area (Å²) in [6.45, 7) is 1.62. The van der Waals surface area contributed by atoms with Crippen molar-refractivity contribution in [3.8, 4) is 11.5 Å². The fourth-order valence-electron chi connectivity index (χ4n) is 1.99. The van der Waals surface area contributed by atoms with Crippen molar-refractivity contribution in [2.75, 3.05) is 5.32 Å². The zero-order chi connectivity index (χ0) is 16.3. The van der Waals surface area contributed by atoms with Gasteiger partial charge in [-0.05, 0) is 36.2 Å². The zero-order valence-electron chi connectivity index (χ0n) is 11.8. The molecule has 2 aromatic carbocycles. The van der Waals surface area contributed by atoms with Crippen LogP contribution in [0.3, 0.4) is 0 Å². The number of hydrogen-bond acceptors (Lipinski definition) is 3. The summed E-state index contributed by atoms with van der Waals surface area (Å²) >= 11 is 0. The molecule has 1 unspecified atom stereocenters. The SMILES string of the molecule is CC(Cc1ccc(O)c(O)c1)C(=O)Nc1cc(F)ccc1F. The van der Waals surface area contributed by atoms with Crippen LogP contribution in [0.2, 0.25) is 0 Å². The Hall–Kier alpha value is -2.63. The van der Waals surface area contributed by atoms with Gasteiger partial charge in [-0.1, -0.05) is 13.0 Å². The number of nitrogens with one attached hydrogen (secondary N) is 1. The molecule has 2 aromatic rings. The molecule has 0 saturated heterocycles. The van der Waals surface area contributed by atoms with Crippen LogP contribution in [0, 0.1) is 17.6 Å². The minimum absolute atomic E-state index is 0.217. The highest BCUT2D eigenvalue weighted by Gasteiger charge is 2.16. The highest BCUT2D eigenvalue weighted by atomic mass is 19.1. The molecule has 0 aromatic heterocycles. The number of amides is 1. The van der Waals surface area contributed by atoms with Gasteiger partial charge < -0.3 is 15.5 Å². The van der Waals surface area contributed by atoms with Crippen molar-refractivity contribution in [2.45, 2.75) is 13.3 Å². The number of halogens is 2. The molecule has 0 fully saturated rings. The average molecular weight is 307 g/mol. The second-order valence-electron chi connectivity index (χ2n) is 5.04. The second-order valence-corrected chi connectivity index (χ2v) is 5.04. The van der Waals surface area contributed by atoms with Gasteiger partial charge >= 0.3 is 0 Å². The van der Waals surface area contributed by atoms with Crippen LogP contribution in [-0.2, 0) is 11.2 Å². The molecular formula is C16H15F2NO3. The van der Waals surface area contributed by atoms with Crippen LogP contribution in [0.5, 0.6) is 11.5 Å². The molecule has 0 radical (unpaired) electrons. The van der Waals surface area contributed by atoms with E-state index in [1.165, 1.54) is 12.1 Å². The number of carbonyl (C=O) groups excluding carboxylic acids is 1. The Kier molecular flexibility index (Phi) is 4.60. The Balaban J connectivity index is 2.05. The fraction of sp³-hybridized carbons (Fsp3) is 0.188. The number of phenols is 2. The largest absolute Gasteiger partial charge is 0.504 e. The Morgan fingerprint density at radius 2 is 1.86 bits per heavy atom. The van der Waals surface area contributed by atoms with Crippen molar-refractivity contribution in [3.05, 3.63) is 53.6 Å². The van der Waals surface area contributed by atoms with Gasteiger partial charge in [0.25, 0.3) is 0 Å². The maximum atomic E-state index is 13.5. The first kappa shape index (κ1) is 15.8. The number of phenolic OH excluding ortho intramolecular Hbond substituents is 2. The van der Waals surface area contributed by atoms with Crippen LogP contribution in [0.1, 0.15) is 12.5 Å². The monoisotopic (exact) mass is 307 g/mol. The molecule has 0 saturated carbocycles. The molecule has 0 heterocycles. The van der Waals surface area contributed by atoms with Crippen LogP contribution >= 0.6 is 0 Å². The zero-order valence-corrected chi connectivity index (χ0v) is 11.8. The van der Waals surface area contributed by atoms with Crippen molar-refractivity contribution in [2.24, 2.45) is 5.92 Å². The van der Waals surface area contributed by atoms with E-state index in [1.807, 2.05) is 0 Å². The summed E-state index contributed by atoms with van der Waals surface area (Å²) in [5.41, 5.74) is 0.420. The van der Waals surface area contributed by atoms with Crippen molar-refractivity contribution < 1.29 is 23.8 Å². The summed E-state index contributed by atoms with van der Waals surface area (Å²) in [7, 11) is 0. The maximum absolute atomic E-state index is 13.5. The first-order chi connectivity index (χ1) is 10.4. The van der Waals surface area contributed by atoms with Crippen molar-refractivity contribution in [3.63, 3.8) is 0 Å². The molecule has 116 valence electrons. The number of aromatic hydroxyl groups is 2. The van der Waals surface area contributed by atoms with Crippen LogP contribution in [0.25, 0.3) is 0 Å². The van der Waals surface area contributed by atoms with Gasteiger partial charge in [0.1, 0.15) is 11.6 Å². The molecule has 1 atom stereocenters. The third-order valence-electron chi connectivity index (χ3n) is 3.22. The lowest BCUT2D eigenvalue weighted by atomic mass is 10.00. The van der Waals surface area contributed by atoms with Gasteiger partial charge in [0.2, 0.25) is 5.91 Å². The summed E-state index contributed by atoms with van der Waals surface area (Å²) in [5.74, 6) is -2.90. The third kappa shape index (κ3) is 3.72. The van der Waals surface area contributed by atoms with Gasteiger partial charge in [-0.25, -0.2) is 8.78 Å². The molecule has 3 N–H and O–H groups in total. The quantitative estimate of drug-likeness (QED) is 0.760. The second kappa shape index (κ2) is 6.43. The summed E-state index contributed by atoms with van der Waals surface area (Å²) in [6.07, 6.45) is 0.274. The molecule has 0 bridgehead atoms. The van der Waals surface area contributed by atoms with Crippen molar-refractivity contribution >= 4 is 11.6 Å². The van der Waals surface area contributed by atoms with E-state index < -0.39 is 23.5 Å². The van der Waals surface area contributed by atoms with Gasteiger partial charge in [-0.3, -0.25) is 4.79 Å². The molecule has 4 nitrogen and oxygen atoms in total. The van der Waals surface area contributed by atoms with Gasteiger partial charge in [0, 0.05) is 12.0 Å². The molecule has 0 spiro atoms. The highest BCUT2D eigenvalue weighted by molar-refractivity contribution is 5.92. The van der Waals surface area contributed by atoms with E-state index in [-0.39, 0.29) is 23.6 Å². The summed E-state index contributed by atoms with van der Waals surface area (Å²) in [5, 5.41) is 21.0. The summed E-state index contributed by atoms with van der Waals surface area (Å²) in [6, 6.07) is 7.05. The first-order valence-electron chi connectivity index (χ1n) is 6.63. The molecule has 6 heteroatoms. The summed E-state index contributed by atoms with van der Waals surface area (Å²) in [4.78, 5) is 12.0. The lowest BCUT2D eigenvalue weighted by Gasteiger charge is -2.13. The third-order valence-corrected chi connectivity index (χ3v) is 3.22. The molecule has 1 amide bonds. The first-order valence-corrected chi connectivity index (χ1v) is 6.63. The number of benzene rings is 2. The van der Waals surface area contributed by atoms with Crippen molar-refractivity contribution in [1.82, 2.24) is 0 Å². The molecule has 0 aliphatic heterocycles. The molecule has 0 aliphatic rings. The standard InChI is InChI=1S/C16H15F2NO3/c1-9(6-10-2-5-14(20)15(21)7-10)16(22)19-13-8-11(17)3-4-12(13)18/h2-5,7-9,20-21H,6H2,1H3,(H,19,22). The number of carbonyl (C=O) groups is 1. The van der Waals surface area contributed by atoms with E-state index in [4.69, 9.17) is 0 Å². The lowest BCUT2D eigenvalue weighted by molar-refractivity contribution is -0.119. The van der Waals surface area contributed by atoms with Gasteiger partial charge in [0.05, 0.1) is 5.69 Å². The minimum Gasteiger partial charge on any atom is -0.504 e. The van der Waals surface area contributed by atoms with E-state index in [0.717, 1.165) is 18.2 Å². The Morgan fingerprint density at radius 3 is 2.55 bits per heavy atom. The highest BCUT2D eigenvalue weighted by Crippen LogP contribution is 2.26. The molecule has 22 heavy (non-hydrogen) atoms. The normalized spacial score (nSPS) is 12.0. The average Bonchev–Trinajstić information content (AvgIpc) is 2.46. The van der Waals surface area contributed by atoms with Crippen LogP contribution in [0.15, 0.2) is 36.4 Å². The minimum atomic E-state index is -0.718. The predicted molar refractivity (Wildman–Crippen MR) is 77.6 cm³/mol. The van der Waals surface area contributed by atoms with Gasteiger partial charge in [0.15, 0.2) is 11.5 Å². The van der Waals surface area contributed by atoms with E-state index in [1.54, 1.807) is 13.0 Å². The fourth-order valence-corrected chi connectivity index (χ4v) is 1.99. The number of anilines is 1. The van der Waals surface area contributed by atoms with Crippen LogP contribution in [0.4, 0.5) is 14.5 Å². The Morgan fingerprint density at radius 1 is 1.14 bits per heavy atom. The molecular weight excluding hydrogens is 292 g/mol. The maximum Gasteiger partial charge on any atom is 0.227 e. The van der Waals surface area contributed by atoms with Gasteiger partial charge in [-0.2, -0.15) is 0 Å². The lowest BCUT2D eigenvalue weighted by Crippen LogP contribution is -2.22.